The first-order valence-corrected chi connectivity index (χ1v) is 9.17. The van der Waals surface area contributed by atoms with E-state index in [1.807, 2.05) is 19.1 Å². The van der Waals surface area contributed by atoms with Crippen LogP contribution in [0.25, 0.3) is 0 Å². The van der Waals surface area contributed by atoms with E-state index in [0.717, 1.165) is 23.4 Å². The molecule has 0 radical (unpaired) electrons. The van der Waals surface area contributed by atoms with Crippen LogP contribution in [0.1, 0.15) is 51.0 Å². The standard InChI is InChI=1S/C20H28N2O/c1-13-4-3-5-18(6-13)21-14(2)19(23)22-20-10-15-7-16(11-20)9-17(8-15)12-20/h3-6,14-17,21H,7-12H2,1-2H3,(H,22,23)/t14-,15?,16?,17?,20?/m1/s1. The molecule has 3 nitrogen and oxygen atoms in total. The van der Waals surface area contributed by atoms with Gasteiger partial charge in [0.25, 0.3) is 0 Å². The Bertz CT molecular complexity index is 574. The number of rotatable bonds is 4. The van der Waals surface area contributed by atoms with Crippen molar-refractivity contribution in [1.82, 2.24) is 5.32 Å². The van der Waals surface area contributed by atoms with Gasteiger partial charge < -0.3 is 10.6 Å². The molecule has 0 aromatic heterocycles. The molecule has 23 heavy (non-hydrogen) atoms. The summed E-state index contributed by atoms with van der Waals surface area (Å²) < 4.78 is 0. The van der Waals surface area contributed by atoms with Gasteiger partial charge in [0, 0.05) is 11.2 Å². The molecule has 3 heteroatoms. The van der Waals surface area contributed by atoms with Crippen LogP contribution in [0, 0.1) is 24.7 Å². The van der Waals surface area contributed by atoms with Crippen molar-refractivity contribution in [3.05, 3.63) is 29.8 Å². The number of amides is 1. The number of nitrogens with one attached hydrogen (secondary N) is 2. The van der Waals surface area contributed by atoms with Gasteiger partial charge in [-0.15, -0.1) is 0 Å². The van der Waals surface area contributed by atoms with Crippen LogP contribution in [-0.4, -0.2) is 17.5 Å². The first-order valence-electron chi connectivity index (χ1n) is 9.17. The number of hydrogen-bond donors (Lipinski definition) is 2. The van der Waals surface area contributed by atoms with E-state index in [9.17, 15) is 4.79 Å². The van der Waals surface area contributed by atoms with Gasteiger partial charge in [-0.25, -0.2) is 0 Å². The topological polar surface area (TPSA) is 41.1 Å². The lowest BCUT2D eigenvalue weighted by molar-refractivity contribution is -0.127. The molecule has 1 aromatic rings. The molecule has 2 N–H and O–H groups in total. The van der Waals surface area contributed by atoms with Gasteiger partial charge in [0.05, 0.1) is 0 Å². The number of anilines is 1. The zero-order chi connectivity index (χ0) is 16.0. The van der Waals surface area contributed by atoms with E-state index in [4.69, 9.17) is 0 Å². The van der Waals surface area contributed by atoms with Crippen molar-refractivity contribution in [2.24, 2.45) is 17.8 Å². The van der Waals surface area contributed by atoms with Crippen molar-refractivity contribution < 1.29 is 4.79 Å². The van der Waals surface area contributed by atoms with E-state index in [-0.39, 0.29) is 17.5 Å². The quantitative estimate of drug-likeness (QED) is 0.886. The highest BCUT2D eigenvalue weighted by molar-refractivity contribution is 5.85. The number of benzene rings is 1. The van der Waals surface area contributed by atoms with Gasteiger partial charge in [-0.1, -0.05) is 12.1 Å². The maximum absolute atomic E-state index is 12.7. The molecule has 1 atom stereocenters. The molecule has 4 saturated carbocycles. The largest absolute Gasteiger partial charge is 0.374 e. The lowest BCUT2D eigenvalue weighted by atomic mass is 9.53. The monoisotopic (exact) mass is 312 g/mol. The Morgan fingerprint density at radius 1 is 1.13 bits per heavy atom. The normalized spacial score (nSPS) is 35.8. The third-order valence-electron chi connectivity index (χ3n) is 6.22. The average molecular weight is 312 g/mol. The van der Waals surface area contributed by atoms with Crippen LogP contribution in [0.2, 0.25) is 0 Å². The molecule has 0 heterocycles. The van der Waals surface area contributed by atoms with Gasteiger partial charge in [-0.05, 0) is 87.8 Å². The van der Waals surface area contributed by atoms with Crippen molar-refractivity contribution >= 4 is 11.6 Å². The fourth-order valence-electron chi connectivity index (χ4n) is 5.68. The van der Waals surface area contributed by atoms with Gasteiger partial charge in [0.1, 0.15) is 6.04 Å². The lowest BCUT2D eigenvalue weighted by Gasteiger charge is -2.57. The predicted octanol–water partition coefficient (Wildman–Crippen LogP) is 3.88. The molecule has 0 unspecified atom stereocenters. The van der Waals surface area contributed by atoms with E-state index in [1.54, 1.807) is 0 Å². The Morgan fingerprint density at radius 2 is 1.74 bits per heavy atom. The van der Waals surface area contributed by atoms with Crippen LogP contribution in [0.15, 0.2) is 24.3 Å². The van der Waals surface area contributed by atoms with Gasteiger partial charge >= 0.3 is 0 Å². The molecule has 124 valence electrons. The summed E-state index contributed by atoms with van der Waals surface area (Å²) in [6, 6.07) is 8.03. The summed E-state index contributed by atoms with van der Waals surface area (Å²) in [5.41, 5.74) is 2.34. The van der Waals surface area contributed by atoms with Crippen molar-refractivity contribution in [3.8, 4) is 0 Å². The third kappa shape index (κ3) is 2.98. The molecular weight excluding hydrogens is 284 g/mol. The summed E-state index contributed by atoms with van der Waals surface area (Å²) in [6.07, 6.45) is 7.86. The Hall–Kier alpha value is -1.51. The van der Waals surface area contributed by atoms with Crippen molar-refractivity contribution in [2.75, 3.05) is 5.32 Å². The lowest BCUT2D eigenvalue weighted by Crippen LogP contribution is -2.61. The van der Waals surface area contributed by atoms with Crippen molar-refractivity contribution in [1.29, 1.82) is 0 Å². The molecule has 1 aromatic carbocycles. The SMILES string of the molecule is Cc1cccc(N[C@H](C)C(=O)NC23CC4CC(CC(C4)C2)C3)c1. The average Bonchev–Trinajstić information content (AvgIpc) is 2.45. The number of hydrogen-bond acceptors (Lipinski definition) is 2. The van der Waals surface area contributed by atoms with E-state index in [1.165, 1.54) is 44.1 Å². The molecule has 4 fully saturated rings. The van der Waals surface area contributed by atoms with Crippen LogP contribution in [0.3, 0.4) is 0 Å². The molecule has 1 amide bonds. The Morgan fingerprint density at radius 3 is 2.30 bits per heavy atom. The number of carbonyl (C=O) groups is 1. The Labute approximate surface area is 139 Å². The molecule has 0 aliphatic heterocycles. The molecule has 4 aliphatic carbocycles. The minimum absolute atomic E-state index is 0.106. The summed E-state index contributed by atoms with van der Waals surface area (Å²) in [7, 11) is 0. The molecule has 4 aliphatic rings. The van der Waals surface area contributed by atoms with E-state index in [2.05, 4.69) is 29.7 Å². The van der Waals surface area contributed by atoms with Crippen LogP contribution in [0.5, 0.6) is 0 Å². The summed E-state index contributed by atoms with van der Waals surface area (Å²) in [5, 5.41) is 6.81. The maximum Gasteiger partial charge on any atom is 0.242 e. The molecule has 0 spiro atoms. The van der Waals surface area contributed by atoms with Gasteiger partial charge in [-0.3, -0.25) is 4.79 Å². The van der Waals surface area contributed by atoms with Crippen LogP contribution in [0.4, 0.5) is 5.69 Å². The summed E-state index contributed by atoms with van der Waals surface area (Å²) in [4.78, 5) is 12.7. The fourth-order valence-corrected chi connectivity index (χ4v) is 5.68. The summed E-state index contributed by atoms with van der Waals surface area (Å²) >= 11 is 0. The zero-order valence-electron chi connectivity index (χ0n) is 14.3. The van der Waals surface area contributed by atoms with Gasteiger partial charge in [0.15, 0.2) is 0 Å². The molecule has 5 rings (SSSR count). The zero-order valence-corrected chi connectivity index (χ0v) is 14.3. The summed E-state index contributed by atoms with van der Waals surface area (Å²) in [5.74, 6) is 2.75. The maximum atomic E-state index is 12.7. The molecule has 4 bridgehead atoms. The minimum atomic E-state index is -0.190. The number of carbonyl (C=O) groups excluding carboxylic acids is 1. The first kappa shape index (κ1) is 15.0. The first-order chi connectivity index (χ1) is 11.0. The van der Waals surface area contributed by atoms with Crippen LogP contribution >= 0.6 is 0 Å². The minimum Gasteiger partial charge on any atom is -0.374 e. The second-order valence-electron chi connectivity index (χ2n) is 8.42. The Balaban J connectivity index is 1.41. The highest BCUT2D eigenvalue weighted by atomic mass is 16.2. The second kappa shape index (κ2) is 5.54. The van der Waals surface area contributed by atoms with Crippen LogP contribution in [-0.2, 0) is 4.79 Å². The predicted molar refractivity (Wildman–Crippen MR) is 93.3 cm³/mol. The van der Waals surface area contributed by atoms with E-state index < -0.39 is 0 Å². The second-order valence-corrected chi connectivity index (χ2v) is 8.42. The smallest absolute Gasteiger partial charge is 0.242 e. The van der Waals surface area contributed by atoms with Gasteiger partial charge in [-0.2, -0.15) is 0 Å². The van der Waals surface area contributed by atoms with Crippen molar-refractivity contribution in [3.63, 3.8) is 0 Å². The summed E-state index contributed by atoms with van der Waals surface area (Å²) in [6.45, 7) is 4.05. The van der Waals surface area contributed by atoms with Crippen LogP contribution < -0.4 is 10.6 Å². The number of aryl methyl sites for hydroxylation is 1. The highest BCUT2D eigenvalue weighted by Gasteiger charge is 2.51. The highest BCUT2D eigenvalue weighted by Crippen LogP contribution is 2.55. The van der Waals surface area contributed by atoms with E-state index in [0.29, 0.717) is 0 Å². The van der Waals surface area contributed by atoms with Gasteiger partial charge in [0.2, 0.25) is 5.91 Å². The fraction of sp³-hybridized carbons (Fsp3) is 0.650. The molecule has 0 saturated heterocycles. The molecular formula is C20H28N2O. The van der Waals surface area contributed by atoms with E-state index >= 15 is 0 Å². The third-order valence-corrected chi connectivity index (χ3v) is 6.22. The Kier molecular flexibility index (Phi) is 3.62. The van der Waals surface area contributed by atoms with Crippen molar-refractivity contribution in [2.45, 2.75) is 64.0 Å².